The number of anilines is 1. The number of halogens is 2. The van der Waals surface area contributed by atoms with Crippen LogP contribution in [-0.4, -0.2) is 24.2 Å². The van der Waals surface area contributed by atoms with Gasteiger partial charge in [0.15, 0.2) is 0 Å². The van der Waals surface area contributed by atoms with Crippen LogP contribution in [0.5, 0.6) is 0 Å². The van der Waals surface area contributed by atoms with Crippen LogP contribution in [0.2, 0.25) is 5.02 Å². The van der Waals surface area contributed by atoms with Crippen LogP contribution in [0.25, 0.3) is 5.57 Å². The van der Waals surface area contributed by atoms with Crippen molar-refractivity contribution in [1.82, 2.24) is 5.43 Å². The van der Waals surface area contributed by atoms with Crippen LogP contribution < -0.4 is 10.3 Å². The second-order valence-electron chi connectivity index (χ2n) is 7.33. The molecular formula is C22H23ClFN3O. The summed E-state index contributed by atoms with van der Waals surface area (Å²) in [5.74, 6) is -0.958. The normalized spacial score (nSPS) is 15.4. The van der Waals surface area contributed by atoms with Gasteiger partial charge in [0, 0.05) is 28.9 Å². The molecule has 1 aliphatic heterocycles. The summed E-state index contributed by atoms with van der Waals surface area (Å²) in [5.41, 5.74) is 6.55. The Morgan fingerprint density at radius 3 is 2.75 bits per heavy atom. The van der Waals surface area contributed by atoms with Crippen molar-refractivity contribution in [1.29, 1.82) is 0 Å². The SMILES string of the molecule is CCN1c2cc(Cl)c(/C=N\NC(=O)c3cccc(F)c3)cc2C(C)=CC1(C)C. The third kappa shape index (κ3) is 3.94. The Hall–Kier alpha value is -2.66. The van der Waals surface area contributed by atoms with E-state index < -0.39 is 11.7 Å². The number of hydrazone groups is 1. The molecule has 0 aliphatic carbocycles. The van der Waals surface area contributed by atoms with Crippen LogP contribution >= 0.6 is 11.6 Å². The van der Waals surface area contributed by atoms with E-state index in [1.807, 2.05) is 12.1 Å². The molecule has 0 aromatic heterocycles. The Bertz CT molecular complexity index is 982. The Kier molecular flexibility index (Phi) is 5.57. The molecule has 2 aromatic carbocycles. The topological polar surface area (TPSA) is 44.7 Å². The van der Waals surface area contributed by atoms with Crippen LogP contribution in [0.1, 0.15) is 49.2 Å². The maximum Gasteiger partial charge on any atom is 0.271 e. The van der Waals surface area contributed by atoms with Gasteiger partial charge in [0.2, 0.25) is 0 Å². The zero-order valence-electron chi connectivity index (χ0n) is 16.4. The molecule has 0 radical (unpaired) electrons. The number of fused-ring (bicyclic) bond motifs is 1. The summed E-state index contributed by atoms with van der Waals surface area (Å²) >= 11 is 6.48. The Balaban J connectivity index is 1.85. The average molecular weight is 400 g/mol. The fourth-order valence-electron chi connectivity index (χ4n) is 3.65. The summed E-state index contributed by atoms with van der Waals surface area (Å²) in [6, 6.07) is 9.35. The van der Waals surface area contributed by atoms with Crippen LogP contribution in [0, 0.1) is 5.82 Å². The number of rotatable bonds is 4. The molecule has 1 N–H and O–H groups in total. The van der Waals surface area contributed by atoms with Crippen molar-refractivity contribution < 1.29 is 9.18 Å². The molecule has 0 saturated heterocycles. The van der Waals surface area contributed by atoms with E-state index in [0.717, 1.165) is 23.9 Å². The first kappa shape index (κ1) is 20.1. The molecular weight excluding hydrogens is 377 g/mol. The lowest BCUT2D eigenvalue weighted by Crippen LogP contribution is -2.44. The monoisotopic (exact) mass is 399 g/mol. The third-order valence-corrected chi connectivity index (χ3v) is 5.20. The zero-order valence-corrected chi connectivity index (χ0v) is 17.1. The van der Waals surface area contributed by atoms with Gasteiger partial charge in [-0.05, 0) is 63.6 Å². The number of nitrogens with zero attached hydrogens (tertiary/aromatic N) is 2. The first-order chi connectivity index (χ1) is 13.2. The molecule has 1 heterocycles. The molecule has 0 bridgehead atoms. The molecule has 4 nitrogen and oxygen atoms in total. The van der Waals surface area contributed by atoms with Crippen molar-refractivity contribution in [2.75, 3.05) is 11.4 Å². The molecule has 28 heavy (non-hydrogen) atoms. The van der Waals surface area contributed by atoms with Gasteiger partial charge in [0.1, 0.15) is 5.82 Å². The summed E-state index contributed by atoms with van der Waals surface area (Å²) in [4.78, 5) is 14.4. The van der Waals surface area contributed by atoms with Gasteiger partial charge in [-0.15, -0.1) is 0 Å². The quantitative estimate of drug-likeness (QED) is 0.562. The lowest BCUT2D eigenvalue weighted by molar-refractivity contribution is 0.0954. The molecule has 1 aliphatic rings. The molecule has 0 unspecified atom stereocenters. The maximum absolute atomic E-state index is 13.2. The van der Waals surface area contributed by atoms with Crippen LogP contribution in [0.15, 0.2) is 47.6 Å². The number of allylic oxidation sites excluding steroid dienone is 1. The molecule has 6 heteroatoms. The summed E-state index contributed by atoms with van der Waals surface area (Å²) in [7, 11) is 0. The number of benzene rings is 2. The standard InChI is InChI=1S/C22H23ClFN3O/c1-5-27-20-11-19(23)16(10-18(20)14(2)12-22(27,3)4)13-25-26-21(28)15-7-6-8-17(24)9-15/h6-13H,5H2,1-4H3,(H,26,28)/b25-13-. The number of carbonyl (C=O) groups excluding carboxylic acids is 1. The Morgan fingerprint density at radius 2 is 2.07 bits per heavy atom. The summed E-state index contributed by atoms with van der Waals surface area (Å²) in [6.45, 7) is 9.40. The Labute approximate surface area is 169 Å². The van der Waals surface area contributed by atoms with Gasteiger partial charge in [-0.3, -0.25) is 4.79 Å². The van der Waals surface area contributed by atoms with E-state index >= 15 is 0 Å². The van der Waals surface area contributed by atoms with Crippen molar-refractivity contribution in [2.45, 2.75) is 33.2 Å². The highest BCUT2D eigenvalue weighted by molar-refractivity contribution is 6.33. The lowest BCUT2D eigenvalue weighted by Gasteiger charge is -2.43. The fraction of sp³-hybridized carbons (Fsp3) is 0.273. The van der Waals surface area contributed by atoms with Gasteiger partial charge < -0.3 is 4.90 Å². The number of hydrogen-bond acceptors (Lipinski definition) is 3. The number of amides is 1. The second kappa shape index (κ2) is 7.76. The minimum absolute atomic E-state index is 0.0936. The maximum atomic E-state index is 13.2. The predicted molar refractivity (Wildman–Crippen MR) is 114 cm³/mol. The molecule has 3 rings (SSSR count). The number of nitrogens with one attached hydrogen (secondary N) is 1. The number of hydrogen-bond donors (Lipinski definition) is 1. The van der Waals surface area contributed by atoms with E-state index in [-0.39, 0.29) is 11.1 Å². The summed E-state index contributed by atoms with van der Waals surface area (Å²) in [5, 5.41) is 4.53. The van der Waals surface area contributed by atoms with Crippen molar-refractivity contribution in [3.8, 4) is 0 Å². The van der Waals surface area contributed by atoms with Crippen LogP contribution in [0.3, 0.4) is 0 Å². The molecule has 0 spiro atoms. The molecule has 0 fully saturated rings. The van der Waals surface area contributed by atoms with E-state index in [2.05, 4.69) is 49.2 Å². The summed E-state index contributed by atoms with van der Waals surface area (Å²) in [6.07, 6.45) is 3.74. The fourth-order valence-corrected chi connectivity index (χ4v) is 3.85. The minimum atomic E-state index is -0.486. The van der Waals surface area contributed by atoms with E-state index in [0.29, 0.717) is 10.6 Å². The molecule has 1 amide bonds. The van der Waals surface area contributed by atoms with E-state index in [4.69, 9.17) is 11.6 Å². The van der Waals surface area contributed by atoms with Gasteiger partial charge in [-0.2, -0.15) is 5.10 Å². The number of likely N-dealkylation sites (N-methyl/N-ethyl adjacent to an activating group) is 1. The first-order valence-corrected chi connectivity index (χ1v) is 9.50. The van der Waals surface area contributed by atoms with Gasteiger partial charge in [-0.25, -0.2) is 9.82 Å². The third-order valence-electron chi connectivity index (χ3n) is 4.87. The van der Waals surface area contributed by atoms with Crippen LogP contribution in [0.4, 0.5) is 10.1 Å². The van der Waals surface area contributed by atoms with Crippen molar-refractivity contribution in [2.24, 2.45) is 5.10 Å². The van der Waals surface area contributed by atoms with Gasteiger partial charge >= 0.3 is 0 Å². The average Bonchev–Trinajstić information content (AvgIpc) is 2.62. The highest BCUT2D eigenvalue weighted by atomic mass is 35.5. The first-order valence-electron chi connectivity index (χ1n) is 9.13. The van der Waals surface area contributed by atoms with Gasteiger partial charge in [-0.1, -0.05) is 23.7 Å². The summed E-state index contributed by atoms with van der Waals surface area (Å²) < 4.78 is 13.2. The smallest absolute Gasteiger partial charge is 0.271 e. The molecule has 0 atom stereocenters. The van der Waals surface area contributed by atoms with E-state index in [1.165, 1.54) is 30.0 Å². The minimum Gasteiger partial charge on any atom is -0.363 e. The van der Waals surface area contributed by atoms with Crippen LogP contribution in [-0.2, 0) is 0 Å². The predicted octanol–water partition coefficient (Wildman–Crippen LogP) is 5.26. The largest absolute Gasteiger partial charge is 0.363 e. The highest BCUT2D eigenvalue weighted by Crippen LogP contribution is 2.40. The van der Waals surface area contributed by atoms with Gasteiger partial charge in [0.25, 0.3) is 5.91 Å². The molecule has 146 valence electrons. The molecule has 0 saturated carbocycles. The van der Waals surface area contributed by atoms with E-state index in [9.17, 15) is 9.18 Å². The van der Waals surface area contributed by atoms with E-state index in [1.54, 1.807) is 0 Å². The van der Waals surface area contributed by atoms with Crippen molar-refractivity contribution in [3.05, 3.63) is 70.0 Å². The Morgan fingerprint density at radius 1 is 1.32 bits per heavy atom. The zero-order chi connectivity index (χ0) is 20.5. The second-order valence-corrected chi connectivity index (χ2v) is 7.73. The highest BCUT2D eigenvalue weighted by Gasteiger charge is 2.30. The van der Waals surface area contributed by atoms with Crippen molar-refractivity contribution in [3.63, 3.8) is 0 Å². The van der Waals surface area contributed by atoms with Crippen molar-refractivity contribution >= 4 is 35.0 Å². The molecule has 2 aromatic rings. The lowest BCUT2D eigenvalue weighted by atomic mass is 9.88. The number of carbonyl (C=O) groups is 1. The van der Waals surface area contributed by atoms with Gasteiger partial charge in [0.05, 0.1) is 16.8 Å².